The molecule has 1 aliphatic heterocycles. The highest BCUT2D eigenvalue weighted by Gasteiger charge is 2.57. The Morgan fingerprint density at radius 1 is 1.00 bits per heavy atom. The van der Waals surface area contributed by atoms with E-state index >= 15 is 0 Å². The number of ether oxygens (including phenoxy) is 2. The minimum absolute atomic E-state index is 0.0704. The maximum Gasteiger partial charge on any atom is 0.269 e. The predicted molar refractivity (Wildman–Crippen MR) is 148 cm³/mol. The van der Waals surface area contributed by atoms with Gasteiger partial charge in [0, 0.05) is 52.5 Å². The lowest BCUT2D eigenvalue weighted by atomic mass is 9.59. The minimum Gasteiger partial charge on any atom is -0.507 e. The van der Waals surface area contributed by atoms with Gasteiger partial charge in [-0.3, -0.25) is 34.2 Å². The lowest BCUT2D eigenvalue weighted by molar-refractivity contribution is -0.384. The van der Waals surface area contributed by atoms with Crippen molar-refractivity contribution in [1.82, 2.24) is 0 Å². The SMILES string of the molecule is COc1cc(O)c([C@H]2C3=CC[C@@H]4C(=O)N(c5ccc([N+](=O)[O-])cc5)C(=O)[C@@H]4[C@@H]3CC3=C2C(=O)C=C(C)C3=O)c(OC)c1. The zero-order valence-electron chi connectivity index (χ0n) is 23.0. The minimum atomic E-state index is -0.905. The van der Waals surface area contributed by atoms with Crippen LogP contribution in [0, 0.1) is 27.9 Å². The van der Waals surface area contributed by atoms with Gasteiger partial charge in [0.2, 0.25) is 11.8 Å². The van der Waals surface area contributed by atoms with Crippen molar-refractivity contribution in [2.45, 2.75) is 25.7 Å². The zero-order valence-corrected chi connectivity index (χ0v) is 23.0. The number of fused-ring (bicyclic) bond motifs is 3. The van der Waals surface area contributed by atoms with Crippen molar-refractivity contribution in [1.29, 1.82) is 0 Å². The first kappa shape index (κ1) is 27.1. The van der Waals surface area contributed by atoms with Crippen LogP contribution in [0.1, 0.15) is 31.2 Å². The third-order valence-electron chi connectivity index (χ3n) is 8.72. The van der Waals surface area contributed by atoms with Crippen molar-refractivity contribution in [3.05, 3.63) is 86.5 Å². The number of phenols is 1. The van der Waals surface area contributed by atoms with Crippen molar-refractivity contribution < 1.29 is 38.7 Å². The van der Waals surface area contributed by atoms with Crippen LogP contribution in [-0.4, -0.2) is 47.6 Å². The maximum absolute atomic E-state index is 14.0. The Bertz CT molecular complexity index is 1700. The fraction of sp³-hybridized carbons (Fsp3) is 0.290. The van der Waals surface area contributed by atoms with Crippen molar-refractivity contribution >= 4 is 34.8 Å². The topological polar surface area (TPSA) is 153 Å². The Morgan fingerprint density at radius 2 is 1.71 bits per heavy atom. The lowest BCUT2D eigenvalue weighted by Gasteiger charge is -2.42. The summed E-state index contributed by atoms with van der Waals surface area (Å²) < 4.78 is 10.9. The summed E-state index contributed by atoms with van der Waals surface area (Å²) >= 11 is 0. The van der Waals surface area contributed by atoms with Crippen LogP contribution in [0.2, 0.25) is 0 Å². The van der Waals surface area contributed by atoms with E-state index < -0.39 is 40.4 Å². The molecule has 0 aromatic heterocycles. The number of hydrogen-bond donors (Lipinski definition) is 1. The monoisotopic (exact) mass is 570 g/mol. The van der Waals surface area contributed by atoms with Gasteiger partial charge < -0.3 is 14.6 Å². The van der Waals surface area contributed by atoms with Gasteiger partial charge in [0.05, 0.1) is 36.7 Å². The Morgan fingerprint density at radius 3 is 2.36 bits per heavy atom. The van der Waals surface area contributed by atoms with Crippen LogP contribution in [0.15, 0.2) is 70.8 Å². The van der Waals surface area contributed by atoms with Crippen molar-refractivity contribution in [3.8, 4) is 17.2 Å². The van der Waals surface area contributed by atoms with E-state index in [1.807, 2.05) is 6.08 Å². The second kappa shape index (κ2) is 9.79. The molecule has 42 heavy (non-hydrogen) atoms. The summed E-state index contributed by atoms with van der Waals surface area (Å²) in [5.41, 5.74) is 1.69. The number of hydrogen-bond acceptors (Lipinski definition) is 9. The molecular weight excluding hydrogens is 544 g/mol. The number of allylic oxidation sites excluding steroid dienone is 6. The van der Waals surface area contributed by atoms with E-state index in [9.17, 15) is 34.4 Å². The molecule has 4 aliphatic rings. The van der Waals surface area contributed by atoms with Gasteiger partial charge in [-0.25, -0.2) is 0 Å². The maximum atomic E-state index is 14.0. The third kappa shape index (κ3) is 3.87. The van der Waals surface area contributed by atoms with E-state index in [0.29, 0.717) is 11.3 Å². The standard InChI is InChI=1S/C31H26N2O9/c1-14-10-22(34)26-21(29(14)36)13-20-18(27(26)28-23(35)11-17(41-2)12-24(28)42-3)8-9-19-25(20)31(38)32(30(19)37)15-4-6-16(7-5-15)33(39)40/h4-8,10-12,19-20,25,27,35H,9,13H2,1-3H3/t19-,20+,25-,27-/m0/s1. The predicted octanol–water partition coefficient (Wildman–Crippen LogP) is 3.95. The Kier molecular flexibility index (Phi) is 6.32. The van der Waals surface area contributed by atoms with Crippen LogP contribution in [0.25, 0.3) is 0 Å². The van der Waals surface area contributed by atoms with E-state index in [1.165, 1.54) is 50.6 Å². The number of ketones is 2. The smallest absolute Gasteiger partial charge is 0.269 e. The molecular formula is C31H26N2O9. The molecule has 1 heterocycles. The van der Waals surface area contributed by atoms with E-state index in [4.69, 9.17) is 9.47 Å². The molecule has 1 N–H and O–H groups in total. The van der Waals surface area contributed by atoms with Gasteiger partial charge in [-0.15, -0.1) is 0 Å². The van der Waals surface area contributed by atoms with E-state index in [2.05, 4.69) is 0 Å². The van der Waals surface area contributed by atoms with E-state index in [1.54, 1.807) is 13.0 Å². The first-order valence-electron chi connectivity index (χ1n) is 13.3. The average Bonchev–Trinajstić information content (AvgIpc) is 3.23. The number of non-ortho nitro benzene ring substituents is 1. The van der Waals surface area contributed by atoms with Gasteiger partial charge in [0.1, 0.15) is 17.2 Å². The fourth-order valence-corrected chi connectivity index (χ4v) is 6.86. The lowest BCUT2D eigenvalue weighted by Crippen LogP contribution is -2.40. The summed E-state index contributed by atoms with van der Waals surface area (Å²) in [6, 6.07) is 8.15. The van der Waals surface area contributed by atoms with Crippen molar-refractivity contribution in [2.24, 2.45) is 17.8 Å². The van der Waals surface area contributed by atoms with Crippen LogP contribution < -0.4 is 14.4 Å². The van der Waals surface area contributed by atoms with Gasteiger partial charge in [0.15, 0.2) is 11.6 Å². The van der Waals surface area contributed by atoms with Gasteiger partial charge in [0.25, 0.3) is 5.69 Å². The summed E-state index contributed by atoms with van der Waals surface area (Å²) in [4.78, 5) is 66.2. The van der Waals surface area contributed by atoms with Crippen LogP contribution in [-0.2, 0) is 19.2 Å². The summed E-state index contributed by atoms with van der Waals surface area (Å²) in [6.45, 7) is 1.56. The van der Waals surface area contributed by atoms with Crippen LogP contribution in [0.4, 0.5) is 11.4 Å². The first-order valence-corrected chi connectivity index (χ1v) is 13.3. The highest BCUT2D eigenvalue weighted by Crippen LogP contribution is 2.58. The summed E-state index contributed by atoms with van der Waals surface area (Å²) in [5, 5.41) is 22.3. The number of benzene rings is 2. The van der Waals surface area contributed by atoms with E-state index in [0.717, 1.165) is 4.90 Å². The van der Waals surface area contributed by atoms with E-state index in [-0.39, 0.29) is 69.6 Å². The molecule has 0 saturated carbocycles. The number of phenolic OH excluding ortho intramolecular Hbond substituents is 1. The number of methoxy groups -OCH3 is 2. The number of nitrogens with zero attached hydrogens (tertiary/aromatic N) is 2. The number of Topliss-reactive ketones (excluding diaryl/α,β-unsaturated/α-hetero) is 1. The molecule has 11 nitrogen and oxygen atoms in total. The van der Waals surface area contributed by atoms with Gasteiger partial charge in [-0.1, -0.05) is 11.6 Å². The number of amides is 2. The molecule has 0 radical (unpaired) electrons. The van der Waals surface area contributed by atoms with Crippen molar-refractivity contribution in [2.75, 3.05) is 19.1 Å². The number of aromatic hydroxyl groups is 1. The zero-order chi connectivity index (χ0) is 30.0. The molecule has 11 heteroatoms. The highest BCUT2D eigenvalue weighted by molar-refractivity contribution is 6.25. The summed E-state index contributed by atoms with van der Waals surface area (Å²) in [7, 11) is 2.85. The Hall–Kier alpha value is -5.06. The average molecular weight is 571 g/mol. The number of imide groups is 1. The number of carbonyl (C=O) groups is 4. The van der Waals surface area contributed by atoms with Crippen LogP contribution in [0.3, 0.4) is 0 Å². The fourth-order valence-electron chi connectivity index (χ4n) is 6.86. The molecule has 2 aromatic rings. The molecule has 4 atom stereocenters. The number of nitro groups is 1. The molecule has 1 fully saturated rings. The molecule has 6 rings (SSSR count). The van der Waals surface area contributed by atoms with Gasteiger partial charge >= 0.3 is 0 Å². The number of carbonyl (C=O) groups excluding carboxylic acids is 4. The van der Waals surface area contributed by atoms with Gasteiger partial charge in [-0.05, 0) is 43.9 Å². The third-order valence-corrected chi connectivity index (χ3v) is 8.72. The van der Waals surface area contributed by atoms with Crippen molar-refractivity contribution in [3.63, 3.8) is 0 Å². The number of rotatable bonds is 5. The highest BCUT2D eigenvalue weighted by atomic mass is 16.6. The molecule has 2 aromatic carbocycles. The largest absolute Gasteiger partial charge is 0.507 e. The molecule has 3 aliphatic carbocycles. The first-order chi connectivity index (χ1) is 20.1. The molecule has 0 unspecified atom stereocenters. The molecule has 0 spiro atoms. The molecule has 0 bridgehead atoms. The van der Waals surface area contributed by atoms with Gasteiger partial charge in [-0.2, -0.15) is 0 Å². The summed E-state index contributed by atoms with van der Waals surface area (Å²) in [6.07, 6.45) is 3.38. The quantitative estimate of drug-likeness (QED) is 0.185. The second-order valence-electron chi connectivity index (χ2n) is 10.8. The molecule has 214 valence electrons. The molecule has 2 amide bonds. The van der Waals surface area contributed by atoms with Crippen LogP contribution in [0.5, 0.6) is 17.2 Å². The second-order valence-corrected chi connectivity index (χ2v) is 10.8. The number of nitro benzene ring substituents is 1. The molecule has 1 saturated heterocycles. The van der Waals surface area contributed by atoms with Crippen LogP contribution >= 0.6 is 0 Å². The Labute approximate surface area is 239 Å². The normalized spacial score (nSPS) is 25.0. The summed E-state index contributed by atoms with van der Waals surface area (Å²) in [5.74, 6) is -4.35. The number of anilines is 1. The Balaban J connectivity index is 1.50.